The second-order valence-electron chi connectivity index (χ2n) is 4.91. The minimum absolute atomic E-state index is 0.129. The monoisotopic (exact) mass is 278 g/mol. The maximum absolute atomic E-state index is 12.2. The van der Waals surface area contributed by atoms with Gasteiger partial charge in [0.2, 0.25) is 0 Å². The number of carbonyl (C=O) groups is 2. The number of hydrogen-bond donors (Lipinski definition) is 2. The van der Waals surface area contributed by atoms with Crippen molar-refractivity contribution >= 4 is 11.9 Å². The van der Waals surface area contributed by atoms with E-state index in [1.165, 1.54) is 18.2 Å². The third kappa shape index (κ3) is 3.14. The van der Waals surface area contributed by atoms with Gasteiger partial charge in [0.1, 0.15) is 11.4 Å². The number of ether oxygens (including phenoxy) is 1. The van der Waals surface area contributed by atoms with E-state index in [1.54, 1.807) is 0 Å². The first-order valence-corrected chi connectivity index (χ1v) is 6.67. The Bertz CT molecular complexity index is 510. The summed E-state index contributed by atoms with van der Waals surface area (Å²) in [5, 5.41) is 11.9. The van der Waals surface area contributed by atoms with Crippen molar-refractivity contribution in [1.29, 1.82) is 0 Å². The van der Waals surface area contributed by atoms with Crippen LogP contribution in [0.5, 0.6) is 0 Å². The Morgan fingerprint density at radius 2 is 2.00 bits per heavy atom. The van der Waals surface area contributed by atoms with Crippen molar-refractivity contribution in [2.24, 2.45) is 0 Å². The van der Waals surface area contributed by atoms with E-state index in [4.69, 9.17) is 9.84 Å². The summed E-state index contributed by atoms with van der Waals surface area (Å²) in [5.74, 6) is -1.48. The van der Waals surface area contributed by atoms with Crippen molar-refractivity contribution in [3.63, 3.8) is 0 Å². The van der Waals surface area contributed by atoms with E-state index in [-0.39, 0.29) is 22.8 Å². The molecular formula is C14H18N2O4. The highest BCUT2D eigenvalue weighted by Gasteiger charge is 2.32. The van der Waals surface area contributed by atoms with E-state index in [9.17, 15) is 9.59 Å². The maximum Gasteiger partial charge on any atom is 0.354 e. The molecule has 1 aliphatic heterocycles. The Labute approximate surface area is 117 Å². The summed E-state index contributed by atoms with van der Waals surface area (Å²) in [5.41, 5.74) is -0.282. The van der Waals surface area contributed by atoms with Gasteiger partial charge in [0.25, 0.3) is 5.91 Å². The number of aromatic nitrogens is 1. The third-order valence-electron chi connectivity index (χ3n) is 3.71. The normalized spacial score (nSPS) is 17.4. The third-order valence-corrected chi connectivity index (χ3v) is 3.71. The predicted molar refractivity (Wildman–Crippen MR) is 71.7 cm³/mol. The van der Waals surface area contributed by atoms with E-state index < -0.39 is 5.97 Å². The zero-order valence-corrected chi connectivity index (χ0v) is 11.4. The van der Waals surface area contributed by atoms with Gasteiger partial charge in [-0.1, -0.05) is 13.0 Å². The van der Waals surface area contributed by atoms with Crippen LogP contribution in [0.2, 0.25) is 0 Å². The molecule has 0 spiro atoms. The first kappa shape index (κ1) is 14.5. The zero-order valence-electron chi connectivity index (χ0n) is 11.4. The highest BCUT2D eigenvalue weighted by atomic mass is 16.5. The number of carboxylic acid groups (broad SMARTS) is 1. The number of nitrogens with zero attached hydrogens (tertiary/aromatic N) is 1. The van der Waals surface area contributed by atoms with Gasteiger partial charge in [0, 0.05) is 18.8 Å². The Hall–Kier alpha value is -1.95. The lowest BCUT2D eigenvalue weighted by Gasteiger charge is -2.37. The van der Waals surface area contributed by atoms with Crippen molar-refractivity contribution in [3.05, 3.63) is 29.6 Å². The molecule has 0 bridgehead atoms. The molecule has 20 heavy (non-hydrogen) atoms. The minimum atomic E-state index is -1.14. The predicted octanol–water partition coefficient (Wildman–Crippen LogP) is 1.47. The van der Waals surface area contributed by atoms with Crippen LogP contribution >= 0.6 is 0 Å². The quantitative estimate of drug-likeness (QED) is 0.870. The van der Waals surface area contributed by atoms with Gasteiger partial charge in [-0.2, -0.15) is 0 Å². The van der Waals surface area contributed by atoms with Crippen LogP contribution in [0.4, 0.5) is 0 Å². The summed E-state index contributed by atoms with van der Waals surface area (Å²) in [4.78, 5) is 27.0. The van der Waals surface area contributed by atoms with Crippen LogP contribution in [0.15, 0.2) is 18.2 Å². The molecule has 0 aromatic carbocycles. The number of rotatable bonds is 4. The lowest BCUT2D eigenvalue weighted by molar-refractivity contribution is 0.0343. The molecule has 6 heteroatoms. The summed E-state index contributed by atoms with van der Waals surface area (Å²) in [6.07, 6.45) is 2.32. The Balaban J connectivity index is 2.14. The standard InChI is InChI=1S/C14H18N2O4/c1-2-14(6-8-20-9-7-14)16-12(17)10-4-3-5-11(15-10)13(18)19/h3-5H,2,6-9H2,1H3,(H,16,17)(H,18,19). The molecule has 0 radical (unpaired) electrons. The van der Waals surface area contributed by atoms with Crippen molar-refractivity contribution in [2.75, 3.05) is 13.2 Å². The molecule has 6 nitrogen and oxygen atoms in total. The van der Waals surface area contributed by atoms with Gasteiger partial charge in [-0.25, -0.2) is 9.78 Å². The SMILES string of the molecule is CCC1(NC(=O)c2cccc(C(=O)O)n2)CCOCC1. The van der Waals surface area contributed by atoms with Crippen LogP contribution in [-0.4, -0.2) is 40.7 Å². The zero-order chi connectivity index (χ0) is 14.6. The molecule has 108 valence electrons. The van der Waals surface area contributed by atoms with Gasteiger partial charge >= 0.3 is 5.97 Å². The molecule has 1 aromatic rings. The van der Waals surface area contributed by atoms with E-state index in [2.05, 4.69) is 10.3 Å². The van der Waals surface area contributed by atoms with Crippen molar-refractivity contribution in [2.45, 2.75) is 31.7 Å². The first-order chi connectivity index (χ1) is 9.56. The molecule has 0 unspecified atom stereocenters. The van der Waals surface area contributed by atoms with Gasteiger partial charge < -0.3 is 15.2 Å². The van der Waals surface area contributed by atoms with Crippen LogP contribution in [0.25, 0.3) is 0 Å². The van der Waals surface area contributed by atoms with Crippen LogP contribution < -0.4 is 5.32 Å². The molecule has 1 saturated heterocycles. The van der Waals surface area contributed by atoms with Gasteiger partial charge in [-0.3, -0.25) is 4.79 Å². The number of pyridine rings is 1. The Kier molecular flexibility index (Phi) is 4.34. The van der Waals surface area contributed by atoms with Crippen LogP contribution in [0.1, 0.15) is 47.2 Å². The van der Waals surface area contributed by atoms with E-state index in [1.807, 2.05) is 6.92 Å². The number of aromatic carboxylic acids is 1. The fraction of sp³-hybridized carbons (Fsp3) is 0.500. The smallest absolute Gasteiger partial charge is 0.354 e. The van der Waals surface area contributed by atoms with Gasteiger partial charge in [-0.15, -0.1) is 0 Å². The second-order valence-corrected chi connectivity index (χ2v) is 4.91. The minimum Gasteiger partial charge on any atom is -0.477 e. The molecule has 0 saturated carbocycles. The molecule has 0 atom stereocenters. The summed E-state index contributed by atoms with van der Waals surface area (Å²) in [7, 11) is 0. The molecule has 0 aliphatic carbocycles. The lowest BCUT2D eigenvalue weighted by Crippen LogP contribution is -2.51. The van der Waals surface area contributed by atoms with Gasteiger partial charge in [0.15, 0.2) is 0 Å². The molecular weight excluding hydrogens is 260 g/mol. The average molecular weight is 278 g/mol. The lowest BCUT2D eigenvalue weighted by atomic mass is 9.87. The second kappa shape index (κ2) is 6.00. The van der Waals surface area contributed by atoms with E-state index in [0.29, 0.717) is 13.2 Å². The Morgan fingerprint density at radius 1 is 1.35 bits per heavy atom. The highest BCUT2D eigenvalue weighted by molar-refractivity contribution is 5.94. The van der Waals surface area contributed by atoms with Crippen molar-refractivity contribution in [1.82, 2.24) is 10.3 Å². The summed E-state index contributed by atoms with van der Waals surface area (Å²) >= 11 is 0. The summed E-state index contributed by atoms with van der Waals surface area (Å²) in [6.45, 7) is 3.26. The van der Waals surface area contributed by atoms with E-state index in [0.717, 1.165) is 19.3 Å². The molecule has 2 heterocycles. The van der Waals surface area contributed by atoms with Crippen molar-refractivity contribution in [3.8, 4) is 0 Å². The van der Waals surface area contributed by atoms with Crippen LogP contribution in [0, 0.1) is 0 Å². The number of hydrogen-bond acceptors (Lipinski definition) is 4. The Morgan fingerprint density at radius 3 is 2.60 bits per heavy atom. The van der Waals surface area contributed by atoms with Crippen LogP contribution in [0.3, 0.4) is 0 Å². The number of carboxylic acids is 1. The molecule has 1 aliphatic rings. The summed E-state index contributed by atoms with van der Waals surface area (Å²) in [6, 6.07) is 4.40. The van der Waals surface area contributed by atoms with Crippen LogP contribution in [-0.2, 0) is 4.74 Å². The van der Waals surface area contributed by atoms with Crippen molar-refractivity contribution < 1.29 is 19.4 Å². The average Bonchev–Trinajstić information content (AvgIpc) is 2.48. The highest BCUT2D eigenvalue weighted by Crippen LogP contribution is 2.24. The van der Waals surface area contributed by atoms with E-state index >= 15 is 0 Å². The molecule has 1 amide bonds. The number of amides is 1. The molecule has 2 N–H and O–H groups in total. The maximum atomic E-state index is 12.2. The first-order valence-electron chi connectivity index (χ1n) is 6.67. The topological polar surface area (TPSA) is 88.5 Å². The fourth-order valence-corrected chi connectivity index (χ4v) is 2.31. The summed E-state index contributed by atoms with van der Waals surface area (Å²) < 4.78 is 5.32. The molecule has 1 aromatic heterocycles. The number of carbonyl (C=O) groups excluding carboxylic acids is 1. The molecule has 1 fully saturated rings. The fourth-order valence-electron chi connectivity index (χ4n) is 2.31. The van der Waals surface area contributed by atoms with Gasteiger partial charge in [-0.05, 0) is 31.4 Å². The number of nitrogens with one attached hydrogen (secondary N) is 1. The van der Waals surface area contributed by atoms with Gasteiger partial charge in [0.05, 0.1) is 0 Å². The molecule has 2 rings (SSSR count). The largest absolute Gasteiger partial charge is 0.477 e.